The van der Waals surface area contributed by atoms with E-state index in [1.54, 1.807) is 0 Å². The quantitative estimate of drug-likeness (QED) is 0.166. The molecule has 18 aliphatic rings. The zero-order valence-corrected chi connectivity index (χ0v) is 49.1. The minimum atomic E-state index is 0. The van der Waals surface area contributed by atoms with Gasteiger partial charge in [-0.15, -0.1) is 0 Å². The predicted molar refractivity (Wildman–Crippen MR) is 324 cm³/mol. The van der Waals surface area contributed by atoms with Gasteiger partial charge in [0, 0.05) is 0 Å². The standard InChI is InChI=1S/2C32H56N8.In.3H/c2*1-2-10-18-17(9-1)25-33-26(18)38-28-21-13-5-6-14-22(21)30(35-28)40-32-24-16-8-7-15-23(24)31(36-32)39-29-20-12-4-3-11-19(20)27(34-29)37-25;;;;/h2*17-40H,1-16H2;;;;. The molecule has 18 fully saturated rings. The molecule has 16 unspecified atom stereocenters. The number of fused-ring (bicyclic) bond motifs is 40. The summed E-state index contributed by atoms with van der Waals surface area (Å²) in [6, 6.07) is 0. The Morgan fingerprint density at radius 3 is 0.235 bits per heavy atom. The van der Waals surface area contributed by atoms with Gasteiger partial charge >= 0.3 is 25.8 Å². The summed E-state index contributed by atoms with van der Waals surface area (Å²) in [7, 11) is 0. The first-order valence-electron chi connectivity index (χ1n) is 35.8. The van der Waals surface area contributed by atoms with Crippen molar-refractivity contribution in [3.63, 3.8) is 0 Å². The van der Waals surface area contributed by atoms with Crippen molar-refractivity contribution in [1.29, 1.82) is 0 Å². The van der Waals surface area contributed by atoms with Gasteiger partial charge in [-0.2, -0.15) is 0 Å². The fraction of sp³-hybridized carbons (Fsp3) is 1.00. The molecule has 10 saturated heterocycles. The molecule has 0 radical (unpaired) electrons. The summed E-state index contributed by atoms with van der Waals surface area (Å²) in [5.41, 5.74) is 0. The van der Waals surface area contributed by atoms with Crippen molar-refractivity contribution in [3.8, 4) is 0 Å². The molecule has 16 N–H and O–H groups in total. The third-order valence-electron chi connectivity index (χ3n) is 27.6. The fourth-order valence-electron chi connectivity index (χ4n) is 23.9. The Morgan fingerprint density at radius 1 is 0.111 bits per heavy atom. The van der Waals surface area contributed by atoms with E-state index >= 15 is 0 Å². The molecule has 8 saturated carbocycles. The van der Waals surface area contributed by atoms with E-state index in [1.807, 2.05) is 0 Å². The van der Waals surface area contributed by atoms with Crippen molar-refractivity contribution < 1.29 is 0 Å². The van der Waals surface area contributed by atoms with Crippen LogP contribution in [0.4, 0.5) is 0 Å². The number of nitrogens with one attached hydrogen (secondary N) is 16. The van der Waals surface area contributed by atoms with Crippen LogP contribution in [0.15, 0.2) is 0 Å². The molecule has 0 spiro atoms. The van der Waals surface area contributed by atoms with E-state index in [2.05, 4.69) is 85.1 Å². The third-order valence-corrected chi connectivity index (χ3v) is 27.6. The SMILES string of the molecule is C1CCC2C3NC(NC4NC(NC5NC(NC6NC(N3)C3CCCCC63)C3CCCCC53)C3CCCCC43)C2C1.C1CCC2C3NC(NC4NC(NC5NC(NC6NC(N3)C3CCCCC63)C3CCCCC53)C3CCCCC43)C2C1.[InH3]. The van der Waals surface area contributed by atoms with Crippen LogP contribution in [0.25, 0.3) is 0 Å². The van der Waals surface area contributed by atoms with Gasteiger partial charge in [-0.05, 0) is 197 Å². The zero-order valence-electron chi connectivity index (χ0n) is 49.1. The molecule has 10 aliphatic heterocycles. The average Bonchev–Trinajstić information content (AvgIpc) is 4.47. The molecule has 0 aromatic rings. The van der Waals surface area contributed by atoms with Crippen LogP contribution in [-0.2, 0) is 0 Å². The van der Waals surface area contributed by atoms with Crippen LogP contribution < -0.4 is 85.1 Å². The second kappa shape index (κ2) is 24.2. The minimum absolute atomic E-state index is 0. The Hall–Kier alpha value is 0.230. The molecule has 18 rings (SSSR count). The first-order chi connectivity index (χ1) is 39.6. The summed E-state index contributed by atoms with van der Waals surface area (Å²) in [6.45, 7) is 0. The Kier molecular flexibility index (Phi) is 16.9. The van der Waals surface area contributed by atoms with Crippen LogP contribution >= 0.6 is 0 Å². The van der Waals surface area contributed by atoms with Crippen LogP contribution in [0, 0.1) is 94.7 Å². The maximum atomic E-state index is 4.26. The monoisotopic (exact) mass is 1220 g/mol. The van der Waals surface area contributed by atoms with Crippen LogP contribution in [0.1, 0.15) is 205 Å². The maximum absolute atomic E-state index is 4.26. The summed E-state index contributed by atoms with van der Waals surface area (Å²) in [5.74, 6) is 11.9. The van der Waals surface area contributed by atoms with Crippen molar-refractivity contribution in [1.82, 2.24) is 85.1 Å². The molecule has 10 heterocycles. The van der Waals surface area contributed by atoms with Gasteiger partial charge in [0.05, 0.1) is 98.7 Å². The van der Waals surface area contributed by atoms with E-state index in [4.69, 9.17) is 0 Å². The summed E-state index contributed by atoms with van der Waals surface area (Å²) >= 11 is 0. The molecular weight excluding hydrogens is 1110 g/mol. The van der Waals surface area contributed by atoms with Gasteiger partial charge < -0.3 is 0 Å². The summed E-state index contributed by atoms with van der Waals surface area (Å²) < 4.78 is 0. The molecular formula is C64H115InN16. The second-order valence-electron chi connectivity index (χ2n) is 31.2. The molecule has 17 heteroatoms. The number of hydrogen-bond donors (Lipinski definition) is 16. The van der Waals surface area contributed by atoms with Gasteiger partial charge in [0.2, 0.25) is 0 Å². The van der Waals surface area contributed by atoms with E-state index in [9.17, 15) is 0 Å². The first kappa shape index (κ1) is 56.5. The van der Waals surface area contributed by atoms with Gasteiger partial charge in [-0.3, -0.25) is 85.1 Å². The molecule has 16 bridgehead atoms. The van der Waals surface area contributed by atoms with Crippen LogP contribution in [0.5, 0.6) is 0 Å². The normalized spacial score (nSPS) is 56.9. The Balaban J connectivity index is 0.000000132. The van der Waals surface area contributed by atoms with E-state index in [0.29, 0.717) is 98.7 Å². The van der Waals surface area contributed by atoms with Gasteiger partial charge in [-0.1, -0.05) is 103 Å². The summed E-state index contributed by atoms with van der Waals surface area (Å²) in [6.07, 6.45) is 51.1. The summed E-state index contributed by atoms with van der Waals surface area (Å²) in [4.78, 5) is 0. The molecule has 16 nitrogen and oxygen atoms in total. The van der Waals surface area contributed by atoms with E-state index in [0.717, 1.165) is 94.7 Å². The Morgan fingerprint density at radius 2 is 0.173 bits per heavy atom. The van der Waals surface area contributed by atoms with Crippen molar-refractivity contribution in [2.75, 3.05) is 0 Å². The predicted octanol–water partition coefficient (Wildman–Crippen LogP) is 4.03. The number of rotatable bonds is 0. The van der Waals surface area contributed by atoms with Crippen molar-refractivity contribution in [2.24, 2.45) is 94.7 Å². The molecule has 81 heavy (non-hydrogen) atoms. The van der Waals surface area contributed by atoms with Crippen molar-refractivity contribution in [3.05, 3.63) is 0 Å². The van der Waals surface area contributed by atoms with Gasteiger partial charge in [0.15, 0.2) is 0 Å². The van der Waals surface area contributed by atoms with E-state index in [1.165, 1.54) is 205 Å². The van der Waals surface area contributed by atoms with Crippen molar-refractivity contribution in [2.45, 2.75) is 304 Å². The molecule has 454 valence electrons. The van der Waals surface area contributed by atoms with Gasteiger partial charge in [-0.25, -0.2) is 0 Å². The summed E-state index contributed by atoms with van der Waals surface area (Å²) in [5, 5.41) is 67.6. The van der Waals surface area contributed by atoms with Gasteiger partial charge in [0.1, 0.15) is 0 Å². The molecule has 0 aromatic carbocycles. The van der Waals surface area contributed by atoms with Crippen molar-refractivity contribution >= 4 is 25.8 Å². The molecule has 8 aliphatic carbocycles. The molecule has 0 amide bonds. The fourth-order valence-corrected chi connectivity index (χ4v) is 23.9. The average molecular weight is 1220 g/mol. The van der Waals surface area contributed by atoms with Crippen LogP contribution in [-0.4, -0.2) is 124 Å². The third kappa shape index (κ3) is 10.5. The first-order valence-corrected chi connectivity index (χ1v) is 35.8. The van der Waals surface area contributed by atoms with Gasteiger partial charge in [0.25, 0.3) is 0 Å². The molecule has 0 aromatic heterocycles. The second-order valence-corrected chi connectivity index (χ2v) is 31.2. The van der Waals surface area contributed by atoms with E-state index in [-0.39, 0.29) is 25.8 Å². The molecule has 16 atom stereocenters. The van der Waals surface area contributed by atoms with Crippen LogP contribution in [0.2, 0.25) is 0 Å². The van der Waals surface area contributed by atoms with E-state index < -0.39 is 0 Å². The van der Waals surface area contributed by atoms with Crippen LogP contribution in [0.3, 0.4) is 0 Å². The topological polar surface area (TPSA) is 192 Å². The Bertz CT molecular complexity index is 1570. The Labute approximate surface area is 506 Å². The zero-order chi connectivity index (χ0) is 52.4. The number of hydrogen-bond acceptors (Lipinski definition) is 16.